The van der Waals surface area contributed by atoms with Gasteiger partial charge in [-0.2, -0.15) is 4.98 Å². The number of halogens is 1. The Morgan fingerprint density at radius 2 is 2.16 bits per heavy atom. The van der Waals surface area contributed by atoms with Crippen LogP contribution in [0, 0.1) is 23.6 Å². The molecule has 5 rings (SSSR count). The zero-order valence-corrected chi connectivity index (χ0v) is 14.7. The van der Waals surface area contributed by atoms with Crippen molar-refractivity contribution in [3.63, 3.8) is 0 Å². The number of aromatic nitrogens is 2. The van der Waals surface area contributed by atoms with Gasteiger partial charge in [0, 0.05) is 37.5 Å². The molecule has 1 aliphatic carbocycles. The number of nitrogens with zero attached hydrogens (tertiary/aromatic N) is 4. The molecule has 2 saturated heterocycles. The smallest absolute Gasteiger partial charge is 0.303 e. The fourth-order valence-corrected chi connectivity index (χ4v) is 5.15. The van der Waals surface area contributed by atoms with Crippen LogP contribution < -0.4 is 9.80 Å². The second kappa shape index (κ2) is 5.27. The van der Waals surface area contributed by atoms with E-state index in [0.29, 0.717) is 39.9 Å². The third-order valence-electron chi connectivity index (χ3n) is 6.02. The summed E-state index contributed by atoms with van der Waals surface area (Å²) in [6, 6.07) is 0.419. The van der Waals surface area contributed by atoms with E-state index in [1.54, 1.807) is 0 Å². The van der Waals surface area contributed by atoms with Crippen LogP contribution in [-0.2, 0) is 4.79 Å². The number of aliphatic carboxylic acids is 1. The molecule has 25 heavy (non-hydrogen) atoms. The number of hydrogen-bond acceptors (Lipinski definition) is 6. The summed E-state index contributed by atoms with van der Waals surface area (Å²) < 4.78 is 14.3. The first kappa shape index (κ1) is 15.3. The van der Waals surface area contributed by atoms with E-state index in [-0.39, 0.29) is 18.2 Å². The van der Waals surface area contributed by atoms with Gasteiger partial charge in [0.1, 0.15) is 16.5 Å². The minimum Gasteiger partial charge on any atom is -0.481 e. The summed E-state index contributed by atoms with van der Waals surface area (Å²) in [7, 11) is 0. The van der Waals surface area contributed by atoms with Gasteiger partial charge in [-0.05, 0) is 31.1 Å². The molecule has 1 unspecified atom stereocenters. The molecule has 0 spiro atoms. The summed E-state index contributed by atoms with van der Waals surface area (Å²) in [6.07, 6.45) is 1.37. The molecule has 2 aromatic heterocycles. The van der Waals surface area contributed by atoms with Crippen molar-refractivity contribution in [1.29, 1.82) is 0 Å². The largest absolute Gasteiger partial charge is 0.481 e. The Morgan fingerprint density at radius 1 is 1.40 bits per heavy atom. The number of thiophene rings is 1. The Kier molecular flexibility index (Phi) is 3.22. The van der Waals surface area contributed by atoms with Gasteiger partial charge in [-0.15, -0.1) is 11.3 Å². The average Bonchev–Trinajstić information content (AvgIpc) is 2.91. The lowest BCUT2D eigenvalue weighted by atomic mass is 10.1. The van der Waals surface area contributed by atoms with Crippen LogP contribution in [0.4, 0.5) is 16.2 Å². The van der Waals surface area contributed by atoms with Crippen molar-refractivity contribution in [1.82, 2.24) is 9.97 Å². The fraction of sp³-hybridized carbons (Fsp3) is 0.588. The maximum Gasteiger partial charge on any atom is 0.303 e. The van der Waals surface area contributed by atoms with Crippen LogP contribution in [0.5, 0.6) is 0 Å². The predicted octanol–water partition coefficient (Wildman–Crippen LogP) is 2.59. The summed E-state index contributed by atoms with van der Waals surface area (Å²) >= 11 is 1.32. The second-order valence-electron chi connectivity index (χ2n) is 7.44. The van der Waals surface area contributed by atoms with E-state index in [1.165, 1.54) is 16.7 Å². The molecule has 8 heteroatoms. The van der Waals surface area contributed by atoms with Gasteiger partial charge in [-0.25, -0.2) is 9.37 Å². The molecule has 2 aromatic rings. The average molecular weight is 362 g/mol. The number of carbonyl (C=O) groups is 1. The Bertz CT molecular complexity index is 860. The van der Waals surface area contributed by atoms with Crippen molar-refractivity contribution < 1.29 is 14.3 Å². The molecule has 0 aromatic carbocycles. The number of carboxylic acid groups (broad SMARTS) is 1. The maximum absolute atomic E-state index is 14.3. The Hall–Kier alpha value is -1.96. The molecular weight excluding hydrogens is 343 g/mol. The van der Waals surface area contributed by atoms with Crippen LogP contribution in [-0.4, -0.2) is 46.7 Å². The molecule has 4 atom stereocenters. The summed E-state index contributed by atoms with van der Waals surface area (Å²) in [5, 5.41) is 11.0. The molecule has 0 bridgehead atoms. The standard InChI is InChI=1S/C17H19FN4O2S/c1-8-2-3-22(8)17-19-15(14-12(18)7-25-16(14)20-17)21-5-10-9(4-13(23)24)11(10)6-21/h7-11H,2-6H2,1H3,(H,23,24)/t8-,9?,10-,11+/m0/s1. The van der Waals surface area contributed by atoms with Gasteiger partial charge in [-0.3, -0.25) is 4.79 Å². The highest BCUT2D eigenvalue weighted by Crippen LogP contribution is 2.54. The minimum absolute atomic E-state index is 0.242. The first-order valence-electron chi connectivity index (χ1n) is 8.71. The molecule has 6 nitrogen and oxygen atoms in total. The highest BCUT2D eigenvalue weighted by atomic mass is 32.1. The van der Waals surface area contributed by atoms with E-state index in [1.807, 2.05) is 0 Å². The highest BCUT2D eigenvalue weighted by Gasteiger charge is 2.56. The summed E-state index contributed by atoms with van der Waals surface area (Å²) in [4.78, 5) is 25.2. The predicted molar refractivity (Wildman–Crippen MR) is 93.7 cm³/mol. The zero-order chi connectivity index (χ0) is 17.3. The second-order valence-corrected chi connectivity index (χ2v) is 8.29. The topological polar surface area (TPSA) is 69.6 Å². The Morgan fingerprint density at radius 3 is 2.76 bits per heavy atom. The van der Waals surface area contributed by atoms with Crippen molar-refractivity contribution in [3.05, 3.63) is 11.2 Å². The highest BCUT2D eigenvalue weighted by molar-refractivity contribution is 7.16. The summed E-state index contributed by atoms with van der Waals surface area (Å²) in [6.45, 7) is 4.61. The molecule has 3 fully saturated rings. The molecule has 2 aliphatic heterocycles. The first-order valence-corrected chi connectivity index (χ1v) is 9.59. The van der Waals surface area contributed by atoms with E-state index in [2.05, 4.69) is 21.7 Å². The van der Waals surface area contributed by atoms with Crippen LogP contribution in [0.3, 0.4) is 0 Å². The third kappa shape index (κ3) is 2.30. The number of rotatable bonds is 4. The van der Waals surface area contributed by atoms with Gasteiger partial charge >= 0.3 is 5.97 Å². The van der Waals surface area contributed by atoms with Gasteiger partial charge in [0.2, 0.25) is 5.95 Å². The van der Waals surface area contributed by atoms with E-state index in [0.717, 1.165) is 26.1 Å². The van der Waals surface area contributed by atoms with E-state index in [4.69, 9.17) is 10.1 Å². The maximum atomic E-state index is 14.3. The van der Waals surface area contributed by atoms with Gasteiger partial charge in [-0.1, -0.05) is 0 Å². The first-order chi connectivity index (χ1) is 12.0. The van der Waals surface area contributed by atoms with E-state index in [9.17, 15) is 9.18 Å². The van der Waals surface area contributed by atoms with Crippen molar-refractivity contribution in [2.75, 3.05) is 29.4 Å². The molecule has 1 saturated carbocycles. The number of carboxylic acids is 1. The third-order valence-corrected chi connectivity index (χ3v) is 6.86. The number of hydrogen-bond donors (Lipinski definition) is 1. The quantitative estimate of drug-likeness (QED) is 0.902. The lowest BCUT2D eigenvalue weighted by Gasteiger charge is -2.39. The molecule has 0 radical (unpaired) electrons. The number of fused-ring (bicyclic) bond motifs is 2. The monoisotopic (exact) mass is 362 g/mol. The van der Waals surface area contributed by atoms with Crippen LogP contribution in [0.25, 0.3) is 10.2 Å². The minimum atomic E-state index is -0.728. The lowest BCUT2D eigenvalue weighted by molar-refractivity contribution is -0.137. The van der Waals surface area contributed by atoms with Crippen molar-refractivity contribution >= 4 is 39.3 Å². The molecule has 4 heterocycles. The fourth-order valence-electron chi connectivity index (χ4n) is 4.38. The van der Waals surface area contributed by atoms with Crippen LogP contribution in [0.2, 0.25) is 0 Å². The van der Waals surface area contributed by atoms with Gasteiger partial charge in [0.25, 0.3) is 0 Å². The Labute approximate surface area is 148 Å². The van der Waals surface area contributed by atoms with Crippen molar-refractivity contribution in [2.45, 2.75) is 25.8 Å². The normalized spacial score (nSPS) is 30.5. The van der Waals surface area contributed by atoms with E-state index >= 15 is 0 Å². The van der Waals surface area contributed by atoms with Crippen LogP contribution >= 0.6 is 11.3 Å². The van der Waals surface area contributed by atoms with Crippen LogP contribution in [0.1, 0.15) is 19.8 Å². The van der Waals surface area contributed by atoms with Crippen molar-refractivity contribution in [3.8, 4) is 0 Å². The summed E-state index contributed by atoms with van der Waals surface area (Å²) in [5.41, 5.74) is 0. The molecule has 3 aliphatic rings. The van der Waals surface area contributed by atoms with Gasteiger partial charge in [0.05, 0.1) is 5.39 Å². The lowest BCUT2D eigenvalue weighted by Crippen LogP contribution is -2.46. The molecular formula is C17H19FN4O2S. The SMILES string of the molecule is C[C@H]1CCN1c1nc(N2C[C@@H]3C(CC(=O)O)[C@@H]3C2)c2c(F)csc2n1. The number of piperidine rings is 1. The van der Waals surface area contributed by atoms with E-state index < -0.39 is 5.97 Å². The molecule has 1 N–H and O–H groups in total. The zero-order valence-electron chi connectivity index (χ0n) is 13.9. The molecule has 0 amide bonds. The molecule has 132 valence electrons. The Balaban J connectivity index is 1.47. The summed E-state index contributed by atoms with van der Waals surface area (Å²) in [5.74, 6) is 1.44. The number of anilines is 2. The van der Waals surface area contributed by atoms with Gasteiger partial charge in [0.15, 0.2) is 0 Å². The van der Waals surface area contributed by atoms with Gasteiger partial charge < -0.3 is 14.9 Å². The van der Waals surface area contributed by atoms with Crippen molar-refractivity contribution in [2.24, 2.45) is 17.8 Å². The van der Waals surface area contributed by atoms with Crippen LogP contribution in [0.15, 0.2) is 5.38 Å².